The van der Waals surface area contributed by atoms with Crippen LogP contribution in [0.15, 0.2) is 57.9 Å². The van der Waals surface area contributed by atoms with E-state index in [9.17, 15) is 4.39 Å². The number of halogens is 2. The Hall–Kier alpha value is -2.13. The number of nitrogens with zero attached hydrogens (tertiary/aromatic N) is 2. The number of aliphatic imine (C=N–C) groups is 1. The summed E-state index contributed by atoms with van der Waals surface area (Å²) in [5.41, 5.74) is 2.55. The number of rotatable bonds is 6. The fourth-order valence-electron chi connectivity index (χ4n) is 3.07. The van der Waals surface area contributed by atoms with Gasteiger partial charge in [0.05, 0.1) is 6.04 Å². The van der Waals surface area contributed by atoms with E-state index >= 15 is 0 Å². The molecule has 29 heavy (non-hydrogen) atoms. The van der Waals surface area contributed by atoms with Crippen LogP contribution < -0.4 is 10.6 Å². The lowest BCUT2D eigenvalue weighted by atomic mass is 10.1. The third-order valence-corrected chi connectivity index (χ3v) is 4.50. The molecule has 7 heteroatoms. The van der Waals surface area contributed by atoms with Gasteiger partial charge >= 0.3 is 0 Å². The van der Waals surface area contributed by atoms with Crippen LogP contribution in [0.2, 0.25) is 0 Å². The second-order valence-electron chi connectivity index (χ2n) is 7.14. The van der Waals surface area contributed by atoms with Crippen molar-refractivity contribution in [2.75, 3.05) is 21.1 Å². The van der Waals surface area contributed by atoms with Crippen molar-refractivity contribution < 1.29 is 8.81 Å². The molecule has 3 aromatic rings. The van der Waals surface area contributed by atoms with E-state index < -0.39 is 0 Å². The van der Waals surface area contributed by atoms with Gasteiger partial charge in [-0.15, -0.1) is 24.0 Å². The van der Waals surface area contributed by atoms with E-state index in [1.807, 2.05) is 62.3 Å². The van der Waals surface area contributed by atoms with Crippen LogP contribution in [0.4, 0.5) is 4.39 Å². The number of nitrogens with one attached hydrogen (secondary N) is 2. The molecule has 3 rings (SSSR count). The Morgan fingerprint density at radius 2 is 1.93 bits per heavy atom. The number of hydrogen-bond donors (Lipinski definition) is 2. The smallest absolute Gasteiger partial charge is 0.191 e. The summed E-state index contributed by atoms with van der Waals surface area (Å²) < 4.78 is 19.9. The van der Waals surface area contributed by atoms with Crippen LogP contribution in [0.25, 0.3) is 11.0 Å². The molecule has 0 bridgehead atoms. The molecule has 0 fully saturated rings. The first kappa shape index (κ1) is 23.2. The highest BCUT2D eigenvalue weighted by Crippen LogP contribution is 2.23. The van der Waals surface area contributed by atoms with Gasteiger partial charge in [-0.25, -0.2) is 4.39 Å². The second-order valence-corrected chi connectivity index (χ2v) is 7.14. The predicted octanol–water partition coefficient (Wildman–Crippen LogP) is 4.68. The average Bonchev–Trinajstić information content (AvgIpc) is 3.11. The molecular formula is C22H28FIN4O. The van der Waals surface area contributed by atoms with Gasteiger partial charge in [-0.3, -0.25) is 4.99 Å². The molecule has 2 N–H and O–H groups in total. The van der Waals surface area contributed by atoms with Crippen LogP contribution in [0.5, 0.6) is 0 Å². The molecule has 0 aliphatic rings. The molecule has 2 aromatic carbocycles. The largest absolute Gasteiger partial charge is 0.459 e. The lowest BCUT2D eigenvalue weighted by Gasteiger charge is -2.17. The number of para-hydroxylation sites is 1. The van der Waals surface area contributed by atoms with E-state index in [-0.39, 0.29) is 35.8 Å². The highest BCUT2D eigenvalue weighted by Gasteiger charge is 2.13. The van der Waals surface area contributed by atoms with Crippen LogP contribution >= 0.6 is 24.0 Å². The fraction of sp³-hybridized carbons (Fsp3) is 0.318. The van der Waals surface area contributed by atoms with Gasteiger partial charge in [-0.05, 0) is 50.8 Å². The quantitative estimate of drug-likeness (QED) is 0.288. The molecule has 0 aliphatic carbocycles. The van der Waals surface area contributed by atoms with Crippen molar-refractivity contribution in [1.29, 1.82) is 0 Å². The molecule has 0 saturated heterocycles. The van der Waals surface area contributed by atoms with E-state index in [2.05, 4.69) is 15.6 Å². The minimum Gasteiger partial charge on any atom is -0.459 e. The summed E-state index contributed by atoms with van der Waals surface area (Å²) in [5, 5.41) is 7.69. The minimum atomic E-state index is -0.182. The number of hydrogen-bond acceptors (Lipinski definition) is 3. The third kappa shape index (κ3) is 6.17. The number of benzene rings is 2. The fourth-order valence-corrected chi connectivity index (χ4v) is 3.07. The van der Waals surface area contributed by atoms with Crippen LogP contribution in [0.3, 0.4) is 0 Å². The van der Waals surface area contributed by atoms with Gasteiger partial charge in [-0.2, -0.15) is 0 Å². The first-order valence-corrected chi connectivity index (χ1v) is 9.34. The molecule has 5 nitrogen and oxygen atoms in total. The SMILES string of the molecule is CN=C(NCc1ccc(F)c(CN(C)C)c1)NC(C)c1cc2ccccc2o1.I. The van der Waals surface area contributed by atoms with Crippen molar-refractivity contribution in [3.8, 4) is 0 Å². The Kier molecular flexibility index (Phi) is 8.45. The van der Waals surface area contributed by atoms with Crippen LogP contribution in [0, 0.1) is 5.82 Å². The molecule has 1 atom stereocenters. The second kappa shape index (κ2) is 10.6. The molecule has 1 aromatic heterocycles. The Morgan fingerprint density at radius 1 is 1.17 bits per heavy atom. The van der Waals surface area contributed by atoms with Crippen molar-refractivity contribution in [3.63, 3.8) is 0 Å². The molecule has 156 valence electrons. The zero-order chi connectivity index (χ0) is 20.1. The van der Waals surface area contributed by atoms with E-state index in [1.165, 1.54) is 6.07 Å². The Balaban J connectivity index is 0.00000300. The number of guanidine groups is 1. The molecule has 0 amide bonds. The van der Waals surface area contributed by atoms with Crippen molar-refractivity contribution in [3.05, 3.63) is 71.2 Å². The summed E-state index contributed by atoms with van der Waals surface area (Å²) in [6, 6.07) is 15.1. The van der Waals surface area contributed by atoms with Crippen molar-refractivity contribution in [2.24, 2.45) is 4.99 Å². The molecule has 1 unspecified atom stereocenters. The Morgan fingerprint density at radius 3 is 2.62 bits per heavy atom. The van der Waals surface area contributed by atoms with Gasteiger partial charge in [-0.1, -0.05) is 24.3 Å². The third-order valence-electron chi connectivity index (χ3n) is 4.50. The van der Waals surface area contributed by atoms with Crippen molar-refractivity contribution >= 4 is 40.9 Å². The standard InChI is InChI=1S/C22H27FN4O.HI/c1-15(21-12-17-7-5-6-8-20(17)28-21)26-22(24-2)25-13-16-9-10-19(23)18(11-16)14-27(3)4;/h5-12,15H,13-14H2,1-4H3,(H2,24,25,26);1H. The summed E-state index contributed by atoms with van der Waals surface area (Å²) >= 11 is 0. The van der Waals surface area contributed by atoms with Crippen LogP contribution in [-0.2, 0) is 13.1 Å². The van der Waals surface area contributed by atoms with E-state index in [0.29, 0.717) is 24.6 Å². The zero-order valence-corrected chi connectivity index (χ0v) is 19.5. The predicted molar refractivity (Wildman–Crippen MR) is 127 cm³/mol. The Bertz CT molecular complexity index is 937. The van der Waals surface area contributed by atoms with Gasteiger partial charge in [0.15, 0.2) is 5.96 Å². The minimum absolute atomic E-state index is 0. The first-order valence-electron chi connectivity index (χ1n) is 9.34. The van der Waals surface area contributed by atoms with Gasteiger partial charge in [0.25, 0.3) is 0 Å². The maximum absolute atomic E-state index is 13.9. The van der Waals surface area contributed by atoms with Gasteiger partial charge < -0.3 is 20.0 Å². The summed E-state index contributed by atoms with van der Waals surface area (Å²) in [6.45, 7) is 3.14. The topological polar surface area (TPSA) is 52.8 Å². The lowest BCUT2D eigenvalue weighted by Crippen LogP contribution is -2.38. The van der Waals surface area contributed by atoms with Gasteiger partial charge in [0.2, 0.25) is 0 Å². The summed E-state index contributed by atoms with van der Waals surface area (Å²) in [6.07, 6.45) is 0. The summed E-state index contributed by atoms with van der Waals surface area (Å²) in [5.74, 6) is 1.32. The normalized spacial score (nSPS) is 12.7. The highest BCUT2D eigenvalue weighted by atomic mass is 127. The number of furan rings is 1. The maximum atomic E-state index is 13.9. The van der Waals surface area contributed by atoms with Crippen molar-refractivity contribution in [1.82, 2.24) is 15.5 Å². The molecule has 0 spiro atoms. The van der Waals surface area contributed by atoms with Gasteiger partial charge in [0, 0.05) is 31.1 Å². The van der Waals surface area contributed by atoms with E-state index in [0.717, 1.165) is 22.3 Å². The molecule has 0 radical (unpaired) electrons. The number of fused-ring (bicyclic) bond motifs is 1. The average molecular weight is 510 g/mol. The van der Waals surface area contributed by atoms with E-state index in [4.69, 9.17) is 4.42 Å². The van der Waals surface area contributed by atoms with Gasteiger partial charge in [0.1, 0.15) is 17.2 Å². The Labute approximate surface area is 188 Å². The molecular weight excluding hydrogens is 482 g/mol. The summed E-state index contributed by atoms with van der Waals surface area (Å²) in [7, 11) is 5.58. The summed E-state index contributed by atoms with van der Waals surface area (Å²) in [4.78, 5) is 6.23. The monoisotopic (exact) mass is 510 g/mol. The zero-order valence-electron chi connectivity index (χ0n) is 17.2. The molecule has 0 saturated carbocycles. The van der Waals surface area contributed by atoms with Crippen LogP contribution in [0.1, 0.15) is 29.9 Å². The van der Waals surface area contributed by atoms with Crippen LogP contribution in [-0.4, -0.2) is 32.0 Å². The maximum Gasteiger partial charge on any atom is 0.191 e. The first-order chi connectivity index (χ1) is 13.5. The van der Waals surface area contributed by atoms with E-state index in [1.54, 1.807) is 13.1 Å². The lowest BCUT2D eigenvalue weighted by molar-refractivity contribution is 0.392. The van der Waals surface area contributed by atoms with Crippen molar-refractivity contribution in [2.45, 2.75) is 26.1 Å². The highest BCUT2D eigenvalue weighted by molar-refractivity contribution is 14.0. The molecule has 1 heterocycles. The molecule has 0 aliphatic heterocycles.